The molecule has 0 fully saturated rings. The van der Waals surface area contributed by atoms with Crippen molar-refractivity contribution < 1.29 is 33.7 Å². The topological polar surface area (TPSA) is 114 Å². The molecule has 0 saturated heterocycles. The largest absolute Gasteiger partial charge is 0.480 e. The van der Waals surface area contributed by atoms with E-state index >= 15 is 0 Å². The Hall–Kier alpha value is -2.81. The molecule has 9 heteroatoms. The van der Waals surface area contributed by atoms with Crippen molar-refractivity contribution >= 4 is 17.8 Å². The van der Waals surface area contributed by atoms with Crippen LogP contribution < -0.4 is 14.8 Å². The van der Waals surface area contributed by atoms with E-state index in [0.29, 0.717) is 17.1 Å². The summed E-state index contributed by atoms with van der Waals surface area (Å²) in [4.78, 5) is 36.0. The molecule has 24 heavy (non-hydrogen) atoms. The first-order valence-electron chi connectivity index (χ1n) is 7.17. The Kier molecular flexibility index (Phi) is 5.96. The standard InChI is InChI=1S/C15H18N2O7/c1-22-5-4-17(8-14(19)20)13(18)7-16-15(21)10-2-3-11-12(6-10)24-9-23-11/h2-3,6H,4-5,7-9H2,1H3,(H,16,21)(H,19,20). The molecule has 1 aromatic rings. The number of hydrogen-bond donors (Lipinski definition) is 2. The summed E-state index contributed by atoms with van der Waals surface area (Å²) in [6.07, 6.45) is 0. The van der Waals surface area contributed by atoms with E-state index in [0.717, 1.165) is 4.90 Å². The number of rotatable bonds is 8. The van der Waals surface area contributed by atoms with Gasteiger partial charge in [-0.15, -0.1) is 0 Å². The molecule has 2 N–H and O–H groups in total. The fourth-order valence-corrected chi connectivity index (χ4v) is 2.06. The zero-order valence-corrected chi connectivity index (χ0v) is 13.1. The van der Waals surface area contributed by atoms with Gasteiger partial charge in [-0.3, -0.25) is 14.4 Å². The van der Waals surface area contributed by atoms with Crippen LogP contribution in [0.15, 0.2) is 18.2 Å². The first-order chi connectivity index (χ1) is 11.5. The number of carbonyl (C=O) groups excluding carboxylic acids is 2. The van der Waals surface area contributed by atoms with E-state index in [9.17, 15) is 14.4 Å². The van der Waals surface area contributed by atoms with Crippen LogP contribution in [0.25, 0.3) is 0 Å². The number of carbonyl (C=O) groups is 3. The molecule has 2 rings (SSSR count). The van der Waals surface area contributed by atoms with Crippen molar-refractivity contribution in [2.45, 2.75) is 0 Å². The predicted octanol–water partition coefficient (Wildman–Crippen LogP) is -0.295. The van der Waals surface area contributed by atoms with Gasteiger partial charge in [0.05, 0.1) is 13.2 Å². The maximum atomic E-state index is 12.1. The number of fused-ring (bicyclic) bond motifs is 1. The molecule has 0 radical (unpaired) electrons. The normalized spacial score (nSPS) is 11.9. The average molecular weight is 338 g/mol. The van der Waals surface area contributed by atoms with Gasteiger partial charge in [0, 0.05) is 19.2 Å². The van der Waals surface area contributed by atoms with E-state index in [1.165, 1.54) is 13.2 Å². The molecule has 9 nitrogen and oxygen atoms in total. The van der Waals surface area contributed by atoms with Crippen molar-refractivity contribution in [2.24, 2.45) is 0 Å². The second-order valence-electron chi connectivity index (χ2n) is 4.95. The molecule has 0 atom stereocenters. The number of methoxy groups -OCH3 is 1. The summed E-state index contributed by atoms with van der Waals surface area (Å²) in [5, 5.41) is 11.3. The zero-order valence-electron chi connectivity index (χ0n) is 13.1. The lowest BCUT2D eigenvalue weighted by molar-refractivity contribution is -0.144. The molecule has 1 aliphatic rings. The van der Waals surface area contributed by atoms with Crippen molar-refractivity contribution in [1.29, 1.82) is 0 Å². The van der Waals surface area contributed by atoms with Gasteiger partial charge in [0.15, 0.2) is 11.5 Å². The van der Waals surface area contributed by atoms with Crippen LogP contribution >= 0.6 is 0 Å². The lowest BCUT2D eigenvalue weighted by atomic mass is 10.2. The molecule has 0 bridgehead atoms. The van der Waals surface area contributed by atoms with Crippen LogP contribution in [-0.2, 0) is 14.3 Å². The molecule has 1 heterocycles. The molecule has 0 aromatic heterocycles. The van der Waals surface area contributed by atoms with Crippen LogP contribution in [0.4, 0.5) is 0 Å². The number of carboxylic acids is 1. The van der Waals surface area contributed by atoms with Gasteiger partial charge in [-0.05, 0) is 18.2 Å². The minimum Gasteiger partial charge on any atom is -0.480 e. The number of hydrogen-bond acceptors (Lipinski definition) is 6. The van der Waals surface area contributed by atoms with Crippen molar-refractivity contribution in [2.75, 3.05) is 40.1 Å². The summed E-state index contributed by atoms with van der Waals surface area (Å²) in [5.41, 5.74) is 0.314. The van der Waals surface area contributed by atoms with Gasteiger partial charge in [0.2, 0.25) is 12.7 Å². The second-order valence-corrected chi connectivity index (χ2v) is 4.95. The summed E-state index contributed by atoms with van der Waals surface area (Å²) in [6.45, 7) is -0.342. The van der Waals surface area contributed by atoms with E-state index in [-0.39, 0.29) is 26.5 Å². The van der Waals surface area contributed by atoms with E-state index in [1.807, 2.05) is 0 Å². The molecule has 1 aliphatic heterocycles. The number of aliphatic carboxylic acids is 1. The number of benzene rings is 1. The van der Waals surface area contributed by atoms with E-state index < -0.39 is 24.3 Å². The molecule has 0 aliphatic carbocycles. The van der Waals surface area contributed by atoms with Crippen molar-refractivity contribution in [3.8, 4) is 11.5 Å². The van der Waals surface area contributed by atoms with E-state index in [4.69, 9.17) is 19.3 Å². The van der Waals surface area contributed by atoms with Gasteiger partial charge in [0.25, 0.3) is 5.91 Å². The summed E-state index contributed by atoms with van der Waals surface area (Å²) >= 11 is 0. The van der Waals surface area contributed by atoms with Gasteiger partial charge in [-0.2, -0.15) is 0 Å². The minimum absolute atomic E-state index is 0.0997. The Labute approximate surface area is 138 Å². The molecule has 0 spiro atoms. The highest BCUT2D eigenvalue weighted by Gasteiger charge is 2.19. The van der Waals surface area contributed by atoms with Crippen LogP contribution in [0.1, 0.15) is 10.4 Å². The number of nitrogens with zero attached hydrogens (tertiary/aromatic N) is 1. The van der Waals surface area contributed by atoms with E-state index in [2.05, 4.69) is 5.32 Å². The molecule has 130 valence electrons. The summed E-state index contributed by atoms with van der Waals surface area (Å²) in [7, 11) is 1.45. The number of amides is 2. The zero-order chi connectivity index (χ0) is 17.5. The van der Waals surface area contributed by atoms with E-state index in [1.54, 1.807) is 12.1 Å². The van der Waals surface area contributed by atoms with Crippen molar-refractivity contribution in [1.82, 2.24) is 10.2 Å². The fraction of sp³-hybridized carbons (Fsp3) is 0.400. The number of carboxylic acid groups (broad SMARTS) is 1. The van der Waals surface area contributed by atoms with Gasteiger partial charge >= 0.3 is 5.97 Å². The fourth-order valence-electron chi connectivity index (χ4n) is 2.06. The Morgan fingerprint density at radius 3 is 2.75 bits per heavy atom. The summed E-state index contributed by atoms with van der Waals surface area (Å²) in [5.74, 6) is -1.11. The molecular weight excluding hydrogens is 320 g/mol. The molecular formula is C15H18N2O7. The molecule has 1 aromatic carbocycles. The van der Waals surface area contributed by atoms with Gasteiger partial charge in [0.1, 0.15) is 6.54 Å². The highest BCUT2D eigenvalue weighted by molar-refractivity contribution is 5.97. The summed E-state index contributed by atoms with van der Waals surface area (Å²) < 4.78 is 15.2. The monoisotopic (exact) mass is 338 g/mol. The van der Waals surface area contributed by atoms with Gasteiger partial charge in [-0.25, -0.2) is 0 Å². The number of ether oxygens (including phenoxy) is 3. The Morgan fingerprint density at radius 1 is 1.29 bits per heavy atom. The maximum Gasteiger partial charge on any atom is 0.323 e. The highest BCUT2D eigenvalue weighted by Crippen LogP contribution is 2.32. The summed E-state index contributed by atoms with van der Waals surface area (Å²) in [6, 6.07) is 4.67. The third kappa shape index (κ3) is 4.59. The lowest BCUT2D eigenvalue weighted by Crippen LogP contribution is -2.44. The first-order valence-corrected chi connectivity index (χ1v) is 7.17. The van der Waals surface area contributed by atoms with Crippen LogP contribution in [0, 0.1) is 0 Å². The third-order valence-corrected chi connectivity index (χ3v) is 3.28. The lowest BCUT2D eigenvalue weighted by Gasteiger charge is -2.20. The maximum absolute atomic E-state index is 12.1. The van der Waals surface area contributed by atoms with Gasteiger partial charge in [-0.1, -0.05) is 0 Å². The Bertz CT molecular complexity index is 632. The SMILES string of the molecule is COCCN(CC(=O)O)C(=O)CNC(=O)c1ccc2c(c1)OCO2. The second kappa shape index (κ2) is 8.16. The minimum atomic E-state index is -1.14. The van der Waals surface area contributed by atoms with Gasteiger partial charge < -0.3 is 29.5 Å². The Morgan fingerprint density at radius 2 is 2.04 bits per heavy atom. The predicted molar refractivity (Wildman–Crippen MR) is 81.0 cm³/mol. The molecule has 0 saturated carbocycles. The van der Waals surface area contributed by atoms with Crippen molar-refractivity contribution in [3.63, 3.8) is 0 Å². The smallest absolute Gasteiger partial charge is 0.323 e. The van der Waals surface area contributed by atoms with Crippen molar-refractivity contribution in [3.05, 3.63) is 23.8 Å². The highest BCUT2D eigenvalue weighted by atomic mass is 16.7. The Balaban J connectivity index is 1.91. The molecule has 0 unspecified atom stereocenters. The van der Waals surface area contributed by atoms with Crippen LogP contribution in [0.2, 0.25) is 0 Å². The van der Waals surface area contributed by atoms with Crippen LogP contribution in [0.3, 0.4) is 0 Å². The van der Waals surface area contributed by atoms with Crippen LogP contribution in [-0.4, -0.2) is 67.9 Å². The molecule has 2 amide bonds. The average Bonchev–Trinajstić information content (AvgIpc) is 3.03. The van der Waals surface area contributed by atoms with Crippen LogP contribution in [0.5, 0.6) is 11.5 Å². The quantitative estimate of drug-likeness (QED) is 0.669. The number of nitrogens with one attached hydrogen (secondary N) is 1. The third-order valence-electron chi connectivity index (χ3n) is 3.28. The first kappa shape index (κ1) is 17.5.